The van der Waals surface area contributed by atoms with Gasteiger partial charge < -0.3 is 10.1 Å². The van der Waals surface area contributed by atoms with Crippen LogP contribution in [0.3, 0.4) is 0 Å². The Bertz CT molecular complexity index is 328. The van der Waals surface area contributed by atoms with Crippen LogP contribution < -0.4 is 5.32 Å². The van der Waals surface area contributed by atoms with Crippen LogP contribution in [0.5, 0.6) is 0 Å². The molecule has 1 N–H and O–H groups in total. The maximum atomic E-state index is 5.61. The summed E-state index contributed by atoms with van der Waals surface area (Å²) in [4.78, 5) is 0. The Morgan fingerprint density at radius 1 is 1.44 bits per heavy atom. The van der Waals surface area contributed by atoms with Gasteiger partial charge in [-0.05, 0) is 37.6 Å². The molecule has 0 bridgehead atoms. The zero-order chi connectivity index (χ0) is 12.0. The highest BCUT2D eigenvalue weighted by atomic mass is 79.9. The first-order valence-electron chi connectivity index (χ1n) is 5.70. The van der Waals surface area contributed by atoms with Crippen LogP contribution >= 0.6 is 15.9 Å². The quantitative estimate of drug-likeness (QED) is 0.809. The molecule has 16 heavy (non-hydrogen) atoms. The third-order valence-electron chi connectivity index (χ3n) is 2.67. The lowest BCUT2D eigenvalue weighted by Crippen LogP contribution is -2.23. The molecule has 0 saturated heterocycles. The lowest BCUT2D eigenvalue weighted by molar-refractivity contribution is 0.114. The van der Waals surface area contributed by atoms with E-state index in [1.165, 1.54) is 11.1 Å². The molecule has 0 heterocycles. The maximum Gasteiger partial charge on any atom is 0.0661 e. The Labute approximate surface area is 107 Å². The molecule has 1 rings (SSSR count). The Morgan fingerprint density at radius 3 is 2.81 bits per heavy atom. The normalized spacial score (nSPS) is 12.8. The summed E-state index contributed by atoms with van der Waals surface area (Å²) in [5.41, 5.74) is 2.58. The van der Waals surface area contributed by atoms with Gasteiger partial charge in [0.05, 0.1) is 12.6 Å². The van der Waals surface area contributed by atoms with Gasteiger partial charge in [-0.25, -0.2) is 0 Å². The molecule has 1 atom stereocenters. The number of ether oxygens (including phenoxy) is 1. The standard InChI is InChI=1S/C13H20BrNO/c1-4-8-16-9-13(15-3)11-6-5-7-12(14)10(11)2/h5-7,13,15H,4,8-9H2,1-3H3. The van der Waals surface area contributed by atoms with E-state index in [1.54, 1.807) is 0 Å². The molecule has 0 aliphatic carbocycles. The molecule has 0 saturated carbocycles. The van der Waals surface area contributed by atoms with Gasteiger partial charge in [0.25, 0.3) is 0 Å². The minimum atomic E-state index is 0.268. The zero-order valence-corrected chi connectivity index (χ0v) is 11.8. The van der Waals surface area contributed by atoms with Crippen LogP contribution in [0.15, 0.2) is 22.7 Å². The molecule has 0 aliphatic rings. The summed E-state index contributed by atoms with van der Waals surface area (Å²) in [6, 6.07) is 6.55. The van der Waals surface area contributed by atoms with Gasteiger partial charge in [0.1, 0.15) is 0 Å². The van der Waals surface area contributed by atoms with Crippen molar-refractivity contribution in [3.05, 3.63) is 33.8 Å². The number of rotatable bonds is 6. The average molecular weight is 286 g/mol. The Morgan fingerprint density at radius 2 is 2.19 bits per heavy atom. The molecule has 0 aromatic heterocycles. The predicted molar refractivity (Wildman–Crippen MR) is 71.8 cm³/mol. The highest BCUT2D eigenvalue weighted by Crippen LogP contribution is 2.24. The van der Waals surface area contributed by atoms with Crippen molar-refractivity contribution in [3.63, 3.8) is 0 Å². The third-order valence-corrected chi connectivity index (χ3v) is 3.53. The molecular formula is C13H20BrNO. The summed E-state index contributed by atoms with van der Waals surface area (Å²) in [6.45, 7) is 5.80. The first-order chi connectivity index (χ1) is 7.70. The summed E-state index contributed by atoms with van der Waals surface area (Å²) in [5.74, 6) is 0. The Kier molecular flexibility index (Phi) is 6.03. The smallest absolute Gasteiger partial charge is 0.0661 e. The van der Waals surface area contributed by atoms with Crippen LogP contribution in [0, 0.1) is 6.92 Å². The molecule has 0 aliphatic heterocycles. The zero-order valence-electron chi connectivity index (χ0n) is 10.2. The van der Waals surface area contributed by atoms with Crippen molar-refractivity contribution in [3.8, 4) is 0 Å². The average Bonchev–Trinajstić information content (AvgIpc) is 2.29. The molecule has 1 aromatic rings. The first-order valence-corrected chi connectivity index (χ1v) is 6.50. The number of likely N-dealkylation sites (N-methyl/N-ethyl adjacent to an activating group) is 1. The van der Waals surface area contributed by atoms with E-state index in [0.29, 0.717) is 0 Å². The van der Waals surface area contributed by atoms with E-state index in [0.717, 1.165) is 24.1 Å². The molecule has 90 valence electrons. The highest BCUT2D eigenvalue weighted by molar-refractivity contribution is 9.10. The van der Waals surface area contributed by atoms with E-state index in [9.17, 15) is 0 Å². The van der Waals surface area contributed by atoms with Crippen LogP contribution in [-0.4, -0.2) is 20.3 Å². The summed E-state index contributed by atoms with van der Waals surface area (Å²) < 4.78 is 6.76. The Balaban J connectivity index is 2.74. The number of hydrogen-bond acceptors (Lipinski definition) is 2. The highest BCUT2D eigenvalue weighted by Gasteiger charge is 2.12. The molecule has 0 fully saturated rings. The van der Waals surface area contributed by atoms with E-state index < -0.39 is 0 Å². The van der Waals surface area contributed by atoms with Gasteiger partial charge in [-0.15, -0.1) is 0 Å². The van der Waals surface area contributed by atoms with Gasteiger partial charge in [0.2, 0.25) is 0 Å². The predicted octanol–water partition coefficient (Wildman–Crippen LogP) is 3.44. The van der Waals surface area contributed by atoms with Crippen LogP contribution in [0.25, 0.3) is 0 Å². The van der Waals surface area contributed by atoms with Crippen LogP contribution in [0.1, 0.15) is 30.5 Å². The molecular weight excluding hydrogens is 266 g/mol. The van der Waals surface area contributed by atoms with Crippen LogP contribution in [0.4, 0.5) is 0 Å². The van der Waals surface area contributed by atoms with Gasteiger partial charge in [-0.1, -0.05) is 35.0 Å². The van der Waals surface area contributed by atoms with Gasteiger partial charge in [0, 0.05) is 11.1 Å². The lowest BCUT2D eigenvalue weighted by Gasteiger charge is -2.19. The maximum absolute atomic E-state index is 5.61. The molecule has 3 heteroatoms. The lowest BCUT2D eigenvalue weighted by atomic mass is 10.0. The van der Waals surface area contributed by atoms with Crippen molar-refractivity contribution in [1.29, 1.82) is 0 Å². The van der Waals surface area contributed by atoms with Gasteiger partial charge in [-0.2, -0.15) is 0 Å². The van der Waals surface area contributed by atoms with Crippen LogP contribution in [-0.2, 0) is 4.74 Å². The fourth-order valence-electron chi connectivity index (χ4n) is 1.68. The Hall–Kier alpha value is -0.380. The topological polar surface area (TPSA) is 21.3 Å². The number of hydrogen-bond donors (Lipinski definition) is 1. The minimum absolute atomic E-state index is 0.268. The minimum Gasteiger partial charge on any atom is -0.379 e. The van der Waals surface area contributed by atoms with Crippen molar-refractivity contribution in [1.82, 2.24) is 5.32 Å². The molecule has 1 aromatic carbocycles. The molecule has 1 unspecified atom stereocenters. The summed E-state index contributed by atoms with van der Waals surface area (Å²) in [5, 5.41) is 3.30. The van der Waals surface area contributed by atoms with Crippen molar-refractivity contribution in [2.75, 3.05) is 20.3 Å². The van der Waals surface area contributed by atoms with Crippen molar-refractivity contribution in [2.24, 2.45) is 0 Å². The molecule has 0 radical (unpaired) electrons. The van der Waals surface area contributed by atoms with Crippen molar-refractivity contribution >= 4 is 15.9 Å². The third kappa shape index (κ3) is 3.58. The van der Waals surface area contributed by atoms with E-state index in [2.05, 4.69) is 53.3 Å². The molecule has 2 nitrogen and oxygen atoms in total. The SMILES string of the molecule is CCCOCC(NC)c1cccc(Br)c1C. The van der Waals surface area contributed by atoms with E-state index in [1.807, 2.05) is 7.05 Å². The largest absolute Gasteiger partial charge is 0.379 e. The van der Waals surface area contributed by atoms with E-state index in [-0.39, 0.29) is 6.04 Å². The van der Waals surface area contributed by atoms with Gasteiger partial charge >= 0.3 is 0 Å². The number of benzene rings is 1. The number of nitrogens with one attached hydrogen (secondary N) is 1. The molecule has 0 spiro atoms. The van der Waals surface area contributed by atoms with Crippen molar-refractivity contribution < 1.29 is 4.74 Å². The van der Waals surface area contributed by atoms with E-state index in [4.69, 9.17) is 4.74 Å². The summed E-state index contributed by atoms with van der Waals surface area (Å²) in [7, 11) is 1.97. The summed E-state index contributed by atoms with van der Waals surface area (Å²) in [6.07, 6.45) is 1.06. The van der Waals surface area contributed by atoms with Gasteiger partial charge in [-0.3, -0.25) is 0 Å². The second-order valence-electron chi connectivity index (χ2n) is 3.87. The monoisotopic (exact) mass is 285 g/mol. The van der Waals surface area contributed by atoms with E-state index >= 15 is 0 Å². The van der Waals surface area contributed by atoms with Crippen LogP contribution in [0.2, 0.25) is 0 Å². The second-order valence-corrected chi connectivity index (χ2v) is 4.72. The van der Waals surface area contributed by atoms with Crippen molar-refractivity contribution in [2.45, 2.75) is 26.3 Å². The second kappa shape index (κ2) is 7.05. The fourth-order valence-corrected chi connectivity index (χ4v) is 2.06. The first kappa shape index (κ1) is 13.7. The fraction of sp³-hybridized carbons (Fsp3) is 0.538. The summed E-state index contributed by atoms with van der Waals surface area (Å²) >= 11 is 3.56. The van der Waals surface area contributed by atoms with Gasteiger partial charge in [0.15, 0.2) is 0 Å². The number of halogens is 1. The molecule has 0 amide bonds.